The molecular weight excluding hydrogens is 570 g/mol. The zero-order valence-electron chi connectivity index (χ0n) is 27.8. The van der Waals surface area contributed by atoms with Crippen LogP contribution in [0, 0.1) is 11.3 Å². The summed E-state index contributed by atoms with van der Waals surface area (Å²) < 4.78 is 6.64. The number of rotatable bonds is 6. The molecule has 0 aliphatic heterocycles. The zero-order valence-corrected chi connectivity index (χ0v) is 27.8. The molecule has 3 nitrogen and oxygen atoms in total. The quantitative estimate of drug-likeness (QED) is 0.177. The number of benzene rings is 5. The molecule has 7 aromatic rings. The first-order valence-electron chi connectivity index (χ1n) is 16.2. The Kier molecular flexibility index (Phi) is 7.41. The molecular formula is C42H36B2N2O. The van der Waals surface area contributed by atoms with Gasteiger partial charge in [0.2, 0.25) is 0 Å². The highest BCUT2D eigenvalue weighted by Gasteiger charge is 2.26. The van der Waals surface area contributed by atoms with E-state index >= 15 is 0 Å². The van der Waals surface area contributed by atoms with Gasteiger partial charge in [0.15, 0.2) is 0 Å². The molecule has 226 valence electrons. The van der Waals surface area contributed by atoms with Gasteiger partial charge in [-0.1, -0.05) is 113 Å². The first kappa shape index (κ1) is 30.3. The van der Waals surface area contributed by atoms with E-state index in [-0.39, 0.29) is 10.6 Å². The lowest BCUT2D eigenvalue weighted by Gasteiger charge is -2.30. The van der Waals surface area contributed by atoms with Crippen molar-refractivity contribution in [3.63, 3.8) is 0 Å². The van der Waals surface area contributed by atoms with Crippen LogP contribution < -0.4 is 0 Å². The summed E-state index contributed by atoms with van der Waals surface area (Å²) >= 11 is 0. The van der Waals surface area contributed by atoms with Crippen molar-refractivity contribution >= 4 is 37.6 Å². The van der Waals surface area contributed by atoms with Gasteiger partial charge in [-0.25, -0.2) is 0 Å². The van der Waals surface area contributed by atoms with Gasteiger partial charge in [0.25, 0.3) is 0 Å². The van der Waals surface area contributed by atoms with E-state index in [1.165, 1.54) is 16.7 Å². The van der Waals surface area contributed by atoms with Crippen LogP contribution in [-0.2, 0) is 10.6 Å². The van der Waals surface area contributed by atoms with Crippen LogP contribution in [0.1, 0.15) is 44.4 Å². The number of fused-ring (bicyclic) bond motifs is 3. The topological polar surface area (TPSA) is 49.8 Å². The lowest BCUT2D eigenvalue weighted by molar-refractivity contribution is 0.670. The molecule has 2 aromatic heterocycles. The van der Waals surface area contributed by atoms with Crippen molar-refractivity contribution in [2.45, 2.75) is 38.3 Å². The maximum absolute atomic E-state index is 10.2. The van der Waals surface area contributed by atoms with Crippen LogP contribution in [0.5, 0.6) is 0 Å². The van der Waals surface area contributed by atoms with Gasteiger partial charge in [-0.2, -0.15) is 5.26 Å². The lowest BCUT2D eigenvalue weighted by atomic mass is 9.60. The Balaban J connectivity index is 1.36. The number of para-hydroxylation sites is 1. The van der Waals surface area contributed by atoms with Gasteiger partial charge in [0.1, 0.15) is 26.9 Å². The second-order valence-corrected chi connectivity index (χ2v) is 14.4. The molecule has 0 amide bonds. The van der Waals surface area contributed by atoms with Crippen LogP contribution in [0.4, 0.5) is 0 Å². The minimum absolute atomic E-state index is 0.0310. The van der Waals surface area contributed by atoms with E-state index in [1.807, 2.05) is 42.6 Å². The van der Waals surface area contributed by atoms with Crippen molar-refractivity contribution in [3.8, 4) is 50.7 Å². The highest BCUT2D eigenvalue weighted by atomic mass is 16.3. The largest absolute Gasteiger partial charge is 0.455 e. The molecule has 47 heavy (non-hydrogen) atoms. The highest BCUT2D eigenvalue weighted by molar-refractivity contribution is 6.18. The normalized spacial score (nSPS) is 12.0. The second-order valence-electron chi connectivity index (χ2n) is 14.4. The maximum Gasteiger partial charge on any atom is 0.144 e. The second kappa shape index (κ2) is 11.5. The molecule has 0 bridgehead atoms. The van der Waals surface area contributed by atoms with E-state index in [0.29, 0.717) is 5.56 Å². The van der Waals surface area contributed by atoms with Crippen LogP contribution in [0.25, 0.3) is 66.6 Å². The van der Waals surface area contributed by atoms with Crippen LogP contribution >= 0.6 is 0 Å². The molecule has 5 aromatic carbocycles. The van der Waals surface area contributed by atoms with Crippen molar-refractivity contribution in [3.05, 3.63) is 138 Å². The molecule has 0 radical (unpaired) electrons. The summed E-state index contributed by atoms with van der Waals surface area (Å²) in [5.74, 6) is 0. The molecule has 0 aliphatic carbocycles. The van der Waals surface area contributed by atoms with Crippen LogP contribution in [0.15, 0.2) is 126 Å². The van der Waals surface area contributed by atoms with Gasteiger partial charge in [0, 0.05) is 28.1 Å². The molecule has 0 atom stereocenters. The molecule has 0 unspecified atom stereocenters. The molecule has 0 spiro atoms. The number of furan rings is 1. The van der Waals surface area contributed by atoms with Gasteiger partial charge in [-0.15, -0.1) is 0 Å². The third-order valence-electron chi connectivity index (χ3n) is 9.07. The Morgan fingerprint density at radius 3 is 1.91 bits per heavy atom. The molecule has 0 saturated heterocycles. The molecule has 0 saturated carbocycles. The van der Waals surface area contributed by atoms with Gasteiger partial charge < -0.3 is 4.42 Å². The van der Waals surface area contributed by atoms with Crippen molar-refractivity contribution in [2.24, 2.45) is 0 Å². The van der Waals surface area contributed by atoms with Crippen LogP contribution in [-0.4, -0.2) is 20.7 Å². The Morgan fingerprint density at radius 2 is 1.26 bits per heavy atom. The average Bonchev–Trinajstić information content (AvgIpc) is 3.45. The Hall–Kier alpha value is -5.33. The summed E-state index contributed by atoms with van der Waals surface area (Å²) in [5.41, 5.74) is 13.1. The van der Waals surface area contributed by atoms with E-state index in [4.69, 9.17) is 9.40 Å². The molecule has 0 N–H and O–H groups in total. The summed E-state index contributed by atoms with van der Waals surface area (Å²) in [6.07, 6.45) is 1.91. The fourth-order valence-corrected chi connectivity index (χ4v) is 6.70. The van der Waals surface area contributed by atoms with Crippen molar-refractivity contribution in [1.82, 2.24) is 4.98 Å². The third-order valence-corrected chi connectivity index (χ3v) is 9.07. The molecule has 0 fully saturated rings. The number of aromatic nitrogens is 1. The molecule has 2 heterocycles. The number of hydrogen-bond donors (Lipinski definition) is 0. The van der Waals surface area contributed by atoms with E-state index in [2.05, 4.69) is 128 Å². The Bertz CT molecular complexity index is 2290. The predicted molar refractivity (Wildman–Crippen MR) is 201 cm³/mol. The number of hydrogen-bond acceptors (Lipinski definition) is 3. The molecule has 0 aliphatic rings. The van der Waals surface area contributed by atoms with Crippen molar-refractivity contribution < 1.29 is 4.42 Å². The fourth-order valence-electron chi connectivity index (χ4n) is 6.70. The fraction of sp³-hybridized carbons (Fsp3) is 0.143. The molecule has 5 heteroatoms. The number of nitriles is 1. The van der Waals surface area contributed by atoms with Gasteiger partial charge in [-0.05, 0) is 79.9 Å². The highest BCUT2D eigenvalue weighted by Crippen LogP contribution is 2.42. The van der Waals surface area contributed by atoms with Crippen molar-refractivity contribution in [1.29, 1.82) is 5.26 Å². The van der Waals surface area contributed by atoms with E-state index in [9.17, 15) is 5.26 Å². The first-order chi connectivity index (χ1) is 22.5. The number of pyridine rings is 1. The minimum Gasteiger partial charge on any atom is -0.455 e. The summed E-state index contributed by atoms with van der Waals surface area (Å²) in [4.78, 5) is 4.86. The summed E-state index contributed by atoms with van der Waals surface area (Å²) in [7, 11) is 4.55. The minimum atomic E-state index is -0.0310. The lowest BCUT2D eigenvalue weighted by Crippen LogP contribution is -2.23. The van der Waals surface area contributed by atoms with E-state index in [0.717, 1.165) is 61.0 Å². The third kappa shape index (κ3) is 5.55. The average molecular weight is 606 g/mol. The summed E-state index contributed by atoms with van der Waals surface area (Å²) in [6, 6.07) is 42.3. The Labute approximate surface area is 278 Å². The van der Waals surface area contributed by atoms with E-state index in [1.54, 1.807) is 0 Å². The first-order valence-corrected chi connectivity index (χ1v) is 16.2. The monoisotopic (exact) mass is 606 g/mol. The van der Waals surface area contributed by atoms with Gasteiger partial charge in [-0.3, -0.25) is 4.98 Å². The van der Waals surface area contributed by atoms with Crippen LogP contribution in [0.3, 0.4) is 0 Å². The molecule has 7 rings (SSSR count). The summed E-state index contributed by atoms with van der Waals surface area (Å²) in [6.45, 7) is 9.10. The summed E-state index contributed by atoms with van der Waals surface area (Å²) in [5, 5.41) is 12.1. The maximum atomic E-state index is 10.2. The standard InChI is InChI=1S/C42H36B2N2O/c1-41(2,43)35-14-9-15-36(42(3,4)44)39(35)29-20-21-46-37(23-29)32-13-8-12-31-34-22-30(25-45)33(24-38(34)47-40(31)32)28-18-16-27(17-19-28)26-10-6-5-7-11-26/h5-24H,43-44H2,1-4H3. The van der Waals surface area contributed by atoms with E-state index < -0.39 is 0 Å². The Morgan fingerprint density at radius 1 is 0.617 bits per heavy atom. The van der Waals surface area contributed by atoms with Crippen LogP contribution in [0.2, 0.25) is 0 Å². The predicted octanol–water partition coefficient (Wildman–Crippen LogP) is 9.26. The smallest absolute Gasteiger partial charge is 0.144 e. The van der Waals surface area contributed by atoms with Crippen molar-refractivity contribution in [2.75, 3.05) is 0 Å². The zero-order chi connectivity index (χ0) is 32.9. The number of nitrogens with zero attached hydrogens (tertiary/aromatic N) is 2. The van der Waals surface area contributed by atoms with Gasteiger partial charge >= 0.3 is 0 Å². The van der Waals surface area contributed by atoms with Gasteiger partial charge in [0.05, 0.1) is 17.3 Å². The SMILES string of the molecule is BC(C)(C)c1cccc(C(B)(C)C)c1-c1ccnc(-c2cccc3c2oc2cc(-c4ccc(-c5ccccc5)cc4)c(C#N)cc23)c1.